The highest BCUT2D eigenvalue weighted by molar-refractivity contribution is 6.06. The van der Waals surface area contributed by atoms with E-state index in [0.717, 1.165) is 11.1 Å². The quantitative estimate of drug-likeness (QED) is 0.0540. The van der Waals surface area contributed by atoms with Crippen molar-refractivity contribution in [1.82, 2.24) is 0 Å². The minimum absolute atomic E-state index is 0.0253. The molecule has 0 aliphatic rings. The molecule has 4 rings (SSSR count). The summed E-state index contributed by atoms with van der Waals surface area (Å²) < 4.78 is 17.1. The fourth-order valence-corrected chi connectivity index (χ4v) is 4.14. The van der Waals surface area contributed by atoms with E-state index in [1.165, 1.54) is 0 Å². The molecule has 0 aliphatic heterocycles. The van der Waals surface area contributed by atoms with Gasteiger partial charge in [-0.2, -0.15) is 0 Å². The molecule has 40 heavy (non-hydrogen) atoms. The summed E-state index contributed by atoms with van der Waals surface area (Å²) in [6.07, 6.45) is -2.51. The first-order valence-corrected chi connectivity index (χ1v) is 12.7. The number of nitrogens with zero attached hydrogens (tertiary/aromatic N) is 1. The van der Waals surface area contributed by atoms with Crippen LogP contribution in [0.2, 0.25) is 0 Å². The van der Waals surface area contributed by atoms with Gasteiger partial charge in [-0.05, 0) is 60.4 Å². The summed E-state index contributed by atoms with van der Waals surface area (Å²) in [6, 6.07) is 27.9. The molecule has 0 bridgehead atoms. The van der Waals surface area contributed by atoms with Gasteiger partial charge in [0.1, 0.15) is 29.4 Å². The van der Waals surface area contributed by atoms with Crippen molar-refractivity contribution in [1.29, 1.82) is 0 Å². The Bertz CT molecular complexity index is 1460. The predicted molar refractivity (Wildman–Crippen MR) is 150 cm³/mol. The Morgan fingerprint density at radius 1 is 0.700 bits per heavy atom. The maximum atomic E-state index is 13.0. The lowest BCUT2D eigenvalue weighted by Crippen LogP contribution is -2.17. The molecule has 0 aromatic heterocycles. The summed E-state index contributed by atoms with van der Waals surface area (Å²) in [5.74, 6) is 0.131. The number of hydrogen-bond acceptors (Lipinski definition) is 8. The van der Waals surface area contributed by atoms with Gasteiger partial charge in [0.05, 0.1) is 5.56 Å². The van der Waals surface area contributed by atoms with Crippen LogP contribution >= 0.6 is 0 Å². The molecule has 2 atom stereocenters. The van der Waals surface area contributed by atoms with Gasteiger partial charge in [-0.1, -0.05) is 78.0 Å². The zero-order valence-corrected chi connectivity index (χ0v) is 22.2. The molecule has 0 saturated heterocycles. The molecule has 0 amide bonds. The van der Waals surface area contributed by atoms with Crippen LogP contribution in [0.5, 0.6) is 11.5 Å². The number of rotatable bonds is 12. The number of Topliss-reactive ketones (excluding diaryl/α,β-unsaturated/α-hetero) is 1. The number of benzene rings is 4. The first-order chi connectivity index (χ1) is 19.4. The molecule has 0 heterocycles. The van der Waals surface area contributed by atoms with Crippen LogP contribution < -0.4 is 9.47 Å². The molecule has 0 spiro atoms. The molecule has 8 heteroatoms. The van der Waals surface area contributed by atoms with Crippen LogP contribution in [-0.4, -0.2) is 40.5 Å². The van der Waals surface area contributed by atoms with Crippen LogP contribution in [0, 0.1) is 13.8 Å². The van der Waals surface area contributed by atoms with Crippen molar-refractivity contribution in [3.63, 3.8) is 0 Å². The molecule has 0 aliphatic carbocycles. The van der Waals surface area contributed by atoms with Crippen molar-refractivity contribution in [2.24, 2.45) is 5.16 Å². The summed E-state index contributed by atoms with van der Waals surface area (Å²) in [4.78, 5) is 13.0. The second kappa shape index (κ2) is 13.5. The van der Waals surface area contributed by atoms with Crippen LogP contribution in [0.4, 0.5) is 0 Å². The lowest BCUT2D eigenvalue weighted by molar-refractivity contribution is -0.0540. The van der Waals surface area contributed by atoms with E-state index in [-0.39, 0.29) is 30.6 Å². The Labute approximate surface area is 232 Å². The Hall–Kier alpha value is -4.50. The lowest BCUT2D eigenvalue weighted by atomic mass is 9.97. The van der Waals surface area contributed by atoms with Crippen molar-refractivity contribution in [2.45, 2.75) is 26.1 Å². The average Bonchev–Trinajstić information content (AvgIpc) is 2.98. The van der Waals surface area contributed by atoms with Crippen molar-refractivity contribution < 1.29 is 34.4 Å². The Morgan fingerprint density at radius 3 is 1.70 bits per heavy atom. The third-order valence-corrected chi connectivity index (χ3v) is 6.26. The number of oxime groups is 1. The molecule has 206 valence electrons. The number of ketones is 1. The molecular formula is C32H31NO7. The van der Waals surface area contributed by atoms with Crippen molar-refractivity contribution >= 4 is 11.5 Å². The largest absolute Gasteiger partial charge is 0.467 e. The number of aryl methyl sites for hydroxylation is 2. The van der Waals surface area contributed by atoms with Gasteiger partial charge >= 0.3 is 0 Å². The fraction of sp³-hybridized carbons (Fsp3) is 0.188. The second-order valence-corrected chi connectivity index (χ2v) is 9.20. The molecule has 2 unspecified atom stereocenters. The number of aliphatic hydroxyl groups excluding tert-OH is 2. The number of carbonyl (C=O) groups is 1. The van der Waals surface area contributed by atoms with Crippen molar-refractivity contribution in [3.8, 4) is 11.5 Å². The third kappa shape index (κ3) is 6.92. The molecule has 0 saturated carbocycles. The van der Waals surface area contributed by atoms with Gasteiger partial charge in [0.2, 0.25) is 0 Å². The van der Waals surface area contributed by atoms with E-state index in [2.05, 4.69) is 5.16 Å². The summed E-state index contributed by atoms with van der Waals surface area (Å²) >= 11 is 0. The van der Waals surface area contributed by atoms with Crippen LogP contribution in [0.3, 0.4) is 0 Å². The first kappa shape index (κ1) is 28.5. The van der Waals surface area contributed by atoms with E-state index in [0.29, 0.717) is 22.4 Å². The Balaban J connectivity index is 1.41. The molecule has 0 fully saturated rings. The number of carbonyl (C=O) groups excluding carboxylic acids is 1. The molecule has 4 aromatic rings. The summed E-state index contributed by atoms with van der Waals surface area (Å²) in [7, 11) is 0. The maximum absolute atomic E-state index is 13.0. The zero-order chi connectivity index (χ0) is 28.5. The topological polar surface area (TPSA) is 118 Å². The molecule has 8 nitrogen and oxygen atoms in total. The number of hydrogen-bond donors (Lipinski definition) is 3. The lowest BCUT2D eigenvalue weighted by Gasteiger charge is -2.18. The van der Waals surface area contributed by atoms with Gasteiger partial charge in [0, 0.05) is 5.56 Å². The minimum Gasteiger partial charge on any atom is -0.467 e. The highest BCUT2D eigenvalue weighted by Gasteiger charge is 2.23. The van der Waals surface area contributed by atoms with Gasteiger partial charge in [0.15, 0.2) is 19.4 Å². The summed E-state index contributed by atoms with van der Waals surface area (Å²) in [6.45, 7) is 3.28. The smallest absolute Gasteiger partial charge is 0.199 e. The molecular weight excluding hydrogens is 510 g/mol. The van der Waals surface area contributed by atoms with Crippen molar-refractivity contribution in [2.75, 3.05) is 13.6 Å². The molecule has 4 aromatic carbocycles. The average molecular weight is 542 g/mol. The van der Waals surface area contributed by atoms with E-state index in [9.17, 15) is 20.2 Å². The van der Waals surface area contributed by atoms with Crippen LogP contribution in [-0.2, 0) is 4.74 Å². The SMILES string of the molecule is Cc1ccc(C(=O)C(O)c2ccccc2)c(OCOCOc2cc(C)ccc2C(=NO)C(O)c2ccccc2)c1. The number of ether oxygens (including phenoxy) is 3. The van der Waals surface area contributed by atoms with E-state index in [4.69, 9.17) is 14.2 Å². The van der Waals surface area contributed by atoms with E-state index in [1.807, 2.05) is 32.0 Å². The van der Waals surface area contributed by atoms with Crippen molar-refractivity contribution in [3.05, 3.63) is 130 Å². The van der Waals surface area contributed by atoms with Gasteiger partial charge in [-0.25, -0.2) is 0 Å². The van der Waals surface area contributed by atoms with Gasteiger partial charge < -0.3 is 29.6 Å². The standard InChI is InChI=1S/C32H31NO7/c1-21-13-15-25(29(33-37)30(34)23-9-5-3-6-10-23)27(17-21)39-19-38-20-40-28-18-22(2)14-16-26(28)32(36)31(35)24-11-7-4-8-12-24/h3-18,30-31,34-35,37H,19-20H2,1-2H3. The van der Waals surface area contributed by atoms with Crippen LogP contribution in [0.15, 0.2) is 102 Å². The Kier molecular flexibility index (Phi) is 9.64. The fourth-order valence-electron chi connectivity index (χ4n) is 4.14. The maximum Gasteiger partial charge on any atom is 0.199 e. The highest BCUT2D eigenvalue weighted by Crippen LogP contribution is 2.28. The van der Waals surface area contributed by atoms with Gasteiger partial charge in [0.25, 0.3) is 0 Å². The van der Waals surface area contributed by atoms with Crippen LogP contribution in [0.25, 0.3) is 0 Å². The first-order valence-electron chi connectivity index (χ1n) is 12.7. The summed E-state index contributed by atoms with van der Waals surface area (Å²) in [5.41, 5.74) is 3.46. The second-order valence-electron chi connectivity index (χ2n) is 9.20. The zero-order valence-electron chi connectivity index (χ0n) is 22.2. The van der Waals surface area contributed by atoms with Gasteiger partial charge in [-0.15, -0.1) is 0 Å². The Morgan fingerprint density at radius 2 is 1.18 bits per heavy atom. The normalized spacial score (nSPS) is 12.9. The molecule has 0 radical (unpaired) electrons. The third-order valence-electron chi connectivity index (χ3n) is 6.26. The predicted octanol–water partition coefficient (Wildman–Crippen LogP) is 5.52. The minimum atomic E-state index is -1.33. The highest BCUT2D eigenvalue weighted by atomic mass is 16.7. The monoisotopic (exact) mass is 541 g/mol. The summed E-state index contributed by atoms with van der Waals surface area (Å²) in [5, 5.41) is 34.5. The van der Waals surface area contributed by atoms with Crippen LogP contribution in [0.1, 0.15) is 50.4 Å². The number of aliphatic hydroxyl groups is 2. The van der Waals surface area contributed by atoms with E-state index in [1.54, 1.807) is 78.9 Å². The van der Waals surface area contributed by atoms with Gasteiger partial charge in [-0.3, -0.25) is 4.79 Å². The molecule has 3 N–H and O–H groups in total. The van der Waals surface area contributed by atoms with E-state index >= 15 is 0 Å². The van der Waals surface area contributed by atoms with E-state index < -0.39 is 18.0 Å².